The van der Waals surface area contributed by atoms with E-state index in [0.717, 1.165) is 28.3 Å². The first kappa shape index (κ1) is 19.2. The lowest BCUT2D eigenvalue weighted by molar-refractivity contribution is 0.139. The standard InChI is InChI=1S/C21H21ClN4O/c22-17-8-7-16-13-26-20(24)18(19(16)12-17)9-4-14-2-5-15(6-3-14)21(27)25-11-1-10-23/h2-3,5-8,12-13,21,25,27H,1,10-11,23H2,(H2,24,26). The number of hydrogen-bond acceptors (Lipinski definition) is 5. The molecular formula is C21H21ClN4O. The van der Waals surface area contributed by atoms with Crippen molar-refractivity contribution in [3.8, 4) is 11.8 Å². The van der Waals surface area contributed by atoms with Crippen LogP contribution in [0.1, 0.15) is 29.3 Å². The molecule has 0 saturated carbocycles. The first-order chi connectivity index (χ1) is 13.1. The average Bonchev–Trinajstić information content (AvgIpc) is 2.67. The van der Waals surface area contributed by atoms with Gasteiger partial charge in [0.25, 0.3) is 0 Å². The minimum Gasteiger partial charge on any atom is -0.383 e. The second-order valence-electron chi connectivity index (χ2n) is 6.12. The molecule has 1 heterocycles. The second-order valence-corrected chi connectivity index (χ2v) is 6.56. The molecule has 6 N–H and O–H groups in total. The highest BCUT2D eigenvalue weighted by molar-refractivity contribution is 6.31. The fraction of sp³-hybridized carbons (Fsp3) is 0.190. The Hall–Kier alpha value is -2.62. The maximum atomic E-state index is 10.1. The van der Waals surface area contributed by atoms with Crippen molar-refractivity contribution < 1.29 is 5.11 Å². The van der Waals surface area contributed by atoms with E-state index < -0.39 is 6.23 Å². The van der Waals surface area contributed by atoms with E-state index in [1.165, 1.54) is 0 Å². The average molecular weight is 381 g/mol. The van der Waals surface area contributed by atoms with E-state index in [-0.39, 0.29) is 0 Å². The summed E-state index contributed by atoms with van der Waals surface area (Å²) < 4.78 is 0. The number of nitrogen functional groups attached to an aromatic ring is 1. The third-order valence-electron chi connectivity index (χ3n) is 4.16. The van der Waals surface area contributed by atoms with Gasteiger partial charge >= 0.3 is 0 Å². The molecule has 0 saturated heterocycles. The van der Waals surface area contributed by atoms with Gasteiger partial charge in [0.1, 0.15) is 12.0 Å². The van der Waals surface area contributed by atoms with E-state index in [2.05, 4.69) is 22.1 Å². The number of nitrogens with two attached hydrogens (primary N) is 2. The van der Waals surface area contributed by atoms with Crippen LogP contribution >= 0.6 is 11.6 Å². The van der Waals surface area contributed by atoms with Crippen molar-refractivity contribution >= 4 is 28.2 Å². The number of fused-ring (bicyclic) bond motifs is 1. The fourth-order valence-electron chi connectivity index (χ4n) is 2.67. The highest BCUT2D eigenvalue weighted by Gasteiger charge is 2.07. The number of hydrogen-bond donors (Lipinski definition) is 4. The van der Waals surface area contributed by atoms with Gasteiger partial charge in [-0.2, -0.15) is 0 Å². The fourth-order valence-corrected chi connectivity index (χ4v) is 2.84. The Morgan fingerprint density at radius 1 is 1.15 bits per heavy atom. The molecule has 1 unspecified atom stereocenters. The molecule has 0 amide bonds. The lowest BCUT2D eigenvalue weighted by Gasteiger charge is -2.12. The zero-order valence-corrected chi connectivity index (χ0v) is 15.5. The van der Waals surface area contributed by atoms with Crippen LogP contribution in [-0.2, 0) is 0 Å². The molecule has 3 aromatic rings. The van der Waals surface area contributed by atoms with E-state index in [0.29, 0.717) is 29.5 Å². The summed E-state index contributed by atoms with van der Waals surface area (Å²) >= 11 is 6.11. The van der Waals surface area contributed by atoms with Gasteiger partial charge in [0, 0.05) is 27.6 Å². The van der Waals surface area contributed by atoms with Crippen molar-refractivity contribution in [2.75, 3.05) is 18.8 Å². The van der Waals surface area contributed by atoms with Gasteiger partial charge in [-0.05, 0) is 49.3 Å². The molecule has 0 radical (unpaired) electrons. The van der Waals surface area contributed by atoms with Crippen LogP contribution in [-0.4, -0.2) is 23.2 Å². The molecule has 138 valence electrons. The van der Waals surface area contributed by atoms with E-state index in [1.807, 2.05) is 42.5 Å². The number of nitrogens with one attached hydrogen (secondary N) is 1. The SMILES string of the molecule is NCCCNC(O)c1ccc(C#Cc2c(N)ncc3ccc(Cl)cc23)cc1. The maximum Gasteiger partial charge on any atom is 0.139 e. The molecule has 1 aromatic heterocycles. The number of aliphatic hydroxyl groups is 1. The third-order valence-corrected chi connectivity index (χ3v) is 4.40. The van der Waals surface area contributed by atoms with Crippen LogP contribution in [0.3, 0.4) is 0 Å². The summed E-state index contributed by atoms with van der Waals surface area (Å²) in [6.45, 7) is 1.25. The molecule has 0 fully saturated rings. The minimum atomic E-state index is -0.724. The van der Waals surface area contributed by atoms with Gasteiger partial charge in [0.2, 0.25) is 0 Å². The molecule has 1 atom stereocenters. The van der Waals surface area contributed by atoms with Gasteiger partial charge in [0.05, 0.1) is 5.56 Å². The summed E-state index contributed by atoms with van der Waals surface area (Å²) in [5, 5.41) is 15.5. The van der Waals surface area contributed by atoms with E-state index in [1.54, 1.807) is 6.20 Å². The van der Waals surface area contributed by atoms with Crippen molar-refractivity contribution in [2.24, 2.45) is 5.73 Å². The highest BCUT2D eigenvalue weighted by atomic mass is 35.5. The second kappa shape index (κ2) is 8.85. The summed E-state index contributed by atoms with van der Waals surface area (Å²) in [4.78, 5) is 4.20. The molecule has 0 aliphatic carbocycles. The molecule has 27 heavy (non-hydrogen) atoms. The quantitative estimate of drug-likeness (QED) is 0.310. The van der Waals surface area contributed by atoms with E-state index in [4.69, 9.17) is 23.1 Å². The predicted octanol–water partition coefficient (Wildman–Crippen LogP) is 2.80. The summed E-state index contributed by atoms with van der Waals surface area (Å²) in [5.41, 5.74) is 13.7. The third kappa shape index (κ3) is 4.76. The first-order valence-corrected chi connectivity index (χ1v) is 9.03. The van der Waals surface area contributed by atoms with Gasteiger partial charge in [0.15, 0.2) is 0 Å². The molecule has 0 bridgehead atoms. The number of nitrogens with zero attached hydrogens (tertiary/aromatic N) is 1. The van der Waals surface area contributed by atoms with Crippen LogP contribution in [0, 0.1) is 11.8 Å². The molecule has 6 heteroatoms. The number of anilines is 1. The Bertz CT molecular complexity index is 987. The lowest BCUT2D eigenvalue weighted by Crippen LogP contribution is -2.23. The Morgan fingerprint density at radius 2 is 1.93 bits per heavy atom. The van der Waals surface area contributed by atoms with Crippen molar-refractivity contribution in [3.63, 3.8) is 0 Å². The molecule has 0 spiro atoms. The maximum absolute atomic E-state index is 10.1. The summed E-state index contributed by atoms with van der Waals surface area (Å²) in [6, 6.07) is 12.9. The molecule has 3 rings (SSSR count). The lowest BCUT2D eigenvalue weighted by atomic mass is 10.1. The van der Waals surface area contributed by atoms with Crippen LogP contribution in [0.5, 0.6) is 0 Å². The first-order valence-electron chi connectivity index (χ1n) is 8.65. The van der Waals surface area contributed by atoms with Gasteiger partial charge in [-0.15, -0.1) is 0 Å². The van der Waals surface area contributed by atoms with Crippen LogP contribution < -0.4 is 16.8 Å². The van der Waals surface area contributed by atoms with Crippen molar-refractivity contribution in [2.45, 2.75) is 12.6 Å². The zero-order chi connectivity index (χ0) is 19.2. The number of halogens is 1. The molecule has 2 aromatic carbocycles. The Morgan fingerprint density at radius 3 is 2.67 bits per heavy atom. The van der Waals surface area contributed by atoms with Crippen LogP contribution in [0.15, 0.2) is 48.7 Å². The van der Waals surface area contributed by atoms with Crippen molar-refractivity contribution in [1.29, 1.82) is 0 Å². The number of pyridine rings is 1. The smallest absolute Gasteiger partial charge is 0.139 e. The number of benzene rings is 2. The Kier molecular flexibility index (Phi) is 6.28. The van der Waals surface area contributed by atoms with Gasteiger partial charge in [-0.25, -0.2) is 4.98 Å². The van der Waals surface area contributed by atoms with Gasteiger partial charge in [-0.1, -0.05) is 41.6 Å². The minimum absolute atomic E-state index is 0.369. The molecule has 0 aliphatic heterocycles. The Labute approximate surface area is 163 Å². The van der Waals surface area contributed by atoms with Crippen LogP contribution in [0.4, 0.5) is 5.82 Å². The summed E-state index contributed by atoms with van der Waals surface area (Å²) in [6.07, 6.45) is 1.80. The Balaban J connectivity index is 1.83. The van der Waals surface area contributed by atoms with Crippen molar-refractivity contribution in [1.82, 2.24) is 10.3 Å². The summed E-state index contributed by atoms with van der Waals surface area (Å²) in [5.74, 6) is 6.57. The van der Waals surface area contributed by atoms with Crippen molar-refractivity contribution in [3.05, 3.63) is 70.4 Å². The van der Waals surface area contributed by atoms with Gasteiger partial charge in [-0.3, -0.25) is 5.32 Å². The monoisotopic (exact) mass is 380 g/mol. The molecular weight excluding hydrogens is 360 g/mol. The number of aliphatic hydroxyl groups excluding tert-OH is 1. The predicted molar refractivity (Wildman–Crippen MR) is 110 cm³/mol. The zero-order valence-electron chi connectivity index (χ0n) is 14.7. The van der Waals surface area contributed by atoms with Gasteiger partial charge < -0.3 is 16.6 Å². The van der Waals surface area contributed by atoms with E-state index >= 15 is 0 Å². The summed E-state index contributed by atoms with van der Waals surface area (Å²) in [7, 11) is 0. The number of aromatic nitrogens is 1. The van der Waals surface area contributed by atoms with Crippen LogP contribution in [0.25, 0.3) is 10.8 Å². The highest BCUT2D eigenvalue weighted by Crippen LogP contribution is 2.25. The largest absolute Gasteiger partial charge is 0.383 e. The van der Waals surface area contributed by atoms with E-state index in [9.17, 15) is 5.11 Å². The van der Waals surface area contributed by atoms with Crippen LogP contribution in [0.2, 0.25) is 5.02 Å². The topological polar surface area (TPSA) is 97.2 Å². The molecule has 5 nitrogen and oxygen atoms in total. The normalized spacial score (nSPS) is 11.8. The molecule has 0 aliphatic rings. The number of rotatable bonds is 5.